The molecule has 9 heteroatoms. The zero-order chi connectivity index (χ0) is 19.4. The van der Waals surface area contributed by atoms with Gasteiger partial charge in [-0.1, -0.05) is 5.16 Å². The van der Waals surface area contributed by atoms with Crippen molar-refractivity contribution in [2.45, 2.75) is 18.8 Å². The summed E-state index contributed by atoms with van der Waals surface area (Å²) in [6.45, 7) is 1.37. The van der Waals surface area contributed by atoms with Crippen LogP contribution < -0.4 is 4.74 Å². The van der Waals surface area contributed by atoms with Gasteiger partial charge in [0.2, 0.25) is 0 Å². The van der Waals surface area contributed by atoms with E-state index < -0.39 is 0 Å². The normalized spacial score (nSPS) is 17.5. The van der Waals surface area contributed by atoms with Crippen LogP contribution in [0.15, 0.2) is 35.2 Å². The van der Waals surface area contributed by atoms with Crippen LogP contribution in [0.25, 0.3) is 28.5 Å². The van der Waals surface area contributed by atoms with Crippen molar-refractivity contribution < 1.29 is 14.0 Å². The van der Waals surface area contributed by atoms with Crippen molar-refractivity contribution in [1.82, 2.24) is 29.9 Å². The molecular formula is C20H18N6O3. The maximum atomic E-state index is 5.59. The lowest BCUT2D eigenvalue weighted by Crippen LogP contribution is -2.01. The number of imidazole rings is 1. The molecular weight excluding hydrogens is 372 g/mol. The minimum atomic E-state index is 0.183. The van der Waals surface area contributed by atoms with Crippen molar-refractivity contribution in [3.8, 4) is 34.3 Å². The molecule has 29 heavy (non-hydrogen) atoms. The Bertz CT molecular complexity index is 1200. The maximum Gasteiger partial charge on any atom is 0.278 e. The van der Waals surface area contributed by atoms with Crippen LogP contribution in [-0.2, 0) is 11.2 Å². The summed E-state index contributed by atoms with van der Waals surface area (Å²) in [7, 11) is 1.66. The first-order valence-electron chi connectivity index (χ1n) is 9.51. The minimum Gasteiger partial charge on any atom is -0.497 e. The summed E-state index contributed by atoms with van der Waals surface area (Å²) in [6.07, 6.45) is 5.20. The van der Waals surface area contributed by atoms with Gasteiger partial charge in [0.05, 0.1) is 37.0 Å². The van der Waals surface area contributed by atoms with Crippen LogP contribution in [0.1, 0.15) is 29.4 Å². The Balaban J connectivity index is 1.50. The molecule has 0 aliphatic carbocycles. The van der Waals surface area contributed by atoms with E-state index in [4.69, 9.17) is 14.0 Å². The van der Waals surface area contributed by atoms with Crippen molar-refractivity contribution in [3.63, 3.8) is 0 Å². The number of ether oxygens (including phenoxy) is 2. The Morgan fingerprint density at radius 1 is 1.31 bits per heavy atom. The third-order valence-corrected chi connectivity index (χ3v) is 5.61. The van der Waals surface area contributed by atoms with Crippen LogP contribution in [0.2, 0.25) is 0 Å². The standard InChI is InChI=1S/C20H18N6O3/c1-27-13-2-3-15-14(7-13)17-12(8-22-24-17)6-16-18(21-10-26(15)16)20-23-19(25-29-20)11-4-5-28-9-11/h2-3,7-8,10-11H,4-6,9H2,1H3,(H,22,24). The minimum absolute atomic E-state index is 0.183. The molecule has 9 nitrogen and oxygen atoms in total. The van der Waals surface area contributed by atoms with Gasteiger partial charge in [-0.15, -0.1) is 0 Å². The second-order valence-electron chi connectivity index (χ2n) is 7.26. The summed E-state index contributed by atoms with van der Waals surface area (Å²) < 4.78 is 18.5. The number of nitrogens with one attached hydrogen (secondary N) is 1. The average Bonchev–Trinajstić information content (AvgIpc) is 3.53. The van der Waals surface area contributed by atoms with Crippen molar-refractivity contribution >= 4 is 0 Å². The van der Waals surface area contributed by atoms with Gasteiger partial charge in [-0.05, 0) is 24.6 Å². The Labute approximate surface area is 165 Å². The second-order valence-corrected chi connectivity index (χ2v) is 7.26. The average molecular weight is 390 g/mol. The number of hydrogen-bond donors (Lipinski definition) is 1. The molecule has 2 aliphatic heterocycles. The Morgan fingerprint density at radius 3 is 3.14 bits per heavy atom. The summed E-state index contributed by atoms with van der Waals surface area (Å²) in [4.78, 5) is 9.25. The lowest BCUT2D eigenvalue weighted by Gasteiger charge is -2.11. The number of aromatic nitrogens is 6. The van der Waals surface area contributed by atoms with E-state index in [1.54, 1.807) is 13.4 Å². The number of nitrogens with zero attached hydrogens (tertiary/aromatic N) is 5. The van der Waals surface area contributed by atoms with Crippen LogP contribution in [-0.4, -0.2) is 50.2 Å². The highest BCUT2D eigenvalue weighted by Crippen LogP contribution is 2.38. The molecule has 5 heterocycles. The van der Waals surface area contributed by atoms with Crippen molar-refractivity contribution in [2.24, 2.45) is 0 Å². The van der Waals surface area contributed by atoms with E-state index in [1.807, 2.05) is 24.4 Å². The summed E-state index contributed by atoms with van der Waals surface area (Å²) in [5.41, 5.74) is 5.72. The van der Waals surface area contributed by atoms with Crippen LogP contribution >= 0.6 is 0 Å². The molecule has 2 aliphatic rings. The molecule has 0 spiro atoms. The SMILES string of the molecule is COc1ccc2c(c1)-c1[nH]ncc1Cc1c(-c3nc(C4CCOC4)no3)ncn1-2. The molecule has 1 atom stereocenters. The molecule has 1 N–H and O–H groups in total. The van der Waals surface area contributed by atoms with Gasteiger partial charge in [0, 0.05) is 30.1 Å². The Morgan fingerprint density at radius 2 is 2.28 bits per heavy atom. The highest BCUT2D eigenvalue weighted by atomic mass is 16.5. The molecule has 0 radical (unpaired) electrons. The summed E-state index contributed by atoms with van der Waals surface area (Å²) in [5.74, 6) is 2.08. The van der Waals surface area contributed by atoms with E-state index in [-0.39, 0.29) is 5.92 Å². The number of fused-ring (bicyclic) bond motifs is 5. The number of rotatable bonds is 3. The van der Waals surface area contributed by atoms with E-state index >= 15 is 0 Å². The van der Waals surface area contributed by atoms with Crippen LogP contribution in [0.4, 0.5) is 0 Å². The first-order valence-corrected chi connectivity index (χ1v) is 9.51. The molecule has 1 aromatic carbocycles. The third kappa shape index (κ3) is 2.51. The summed E-state index contributed by atoms with van der Waals surface area (Å²) in [6, 6.07) is 5.97. The summed E-state index contributed by atoms with van der Waals surface area (Å²) in [5, 5.41) is 11.6. The lowest BCUT2D eigenvalue weighted by atomic mass is 10.0. The molecule has 3 aromatic heterocycles. The fourth-order valence-corrected chi connectivity index (χ4v) is 4.08. The van der Waals surface area contributed by atoms with E-state index in [0.717, 1.165) is 47.0 Å². The highest BCUT2D eigenvalue weighted by molar-refractivity contribution is 5.77. The van der Waals surface area contributed by atoms with Gasteiger partial charge in [-0.3, -0.25) is 5.10 Å². The van der Waals surface area contributed by atoms with Gasteiger partial charge in [-0.2, -0.15) is 10.1 Å². The third-order valence-electron chi connectivity index (χ3n) is 5.61. The number of benzene rings is 1. The number of H-pyrrole nitrogens is 1. The van der Waals surface area contributed by atoms with Crippen LogP contribution in [0, 0.1) is 0 Å². The molecule has 1 saturated heterocycles. The largest absolute Gasteiger partial charge is 0.497 e. The van der Waals surface area contributed by atoms with E-state index in [9.17, 15) is 0 Å². The summed E-state index contributed by atoms with van der Waals surface area (Å²) >= 11 is 0. The van der Waals surface area contributed by atoms with Gasteiger partial charge >= 0.3 is 0 Å². The quantitative estimate of drug-likeness (QED) is 0.505. The fraction of sp³-hybridized carbons (Fsp3) is 0.300. The molecule has 0 amide bonds. The van der Waals surface area contributed by atoms with Crippen molar-refractivity contribution in [3.05, 3.63) is 47.8 Å². The first-order chi connectivity index (χ1) is 14.3. The molecule has 6 rings (SSSR count). The zero-order valence-corrected chi connectivity index (χ0v) is 15.8. The second kappa shape index (κ2) is 6.28. The van der Waals surface area contributed by atoms with Crippen LogP contribution in [0.5, 0.6) is 5.75 Å². The predicted octanol–water partition coefficient (Wildman–Crippen LogP) is 2.73. The van der Waals surface area contributed by atoms with Crippen molar-refractivity contribution in [1.29, 1.82) is 0 Å². The molecule has 1 unspecified atom stereocenters. The maximum absolute atomic E-state index is 5.59. The van der Waals surface area contributed by atoms with Crippen LogP contribution in [0.3, 0.4) is 0 Å². The van der Waals surface area contributed by atoms with Gasteiger partial charge in [0.1, 0.15) is 12.1 Å². The molecule has 1 fully saturated rings. The number of hydrogen-bond acceptors (Lipinski definition) is 7. The monoisotopic (exact) mass is 390 g/mol. The first kappa shape index (κ1) is 16.5. The van der Waals surface area contributed by atoms with Gasteiger partial charge in [0.25, 0.3) is 5.89 Å². The smallest absolute Gasteiger partial charge is 0.278 e. The van der Waals surface area contributed by atoms with Gasteiger partial charge < -0.3 is 18.6 Å². The fourth-order valence-electron chi connectivity index (χ4n) is 4.08. The lowest BCUT2D eigenvalue weighted by molar-refractivity contribution is 0.192. The molecule has 146 valence electrons. The predicted molar refractivity (Wildman–Crippen MR) is 102 cm³/mol. The Hall–Kier alpha value is -3.46. The van der Waals surface area contributed by atoms with E-state index in [1.165, 1.54) is 0 Å². The van der Waals surface area contributed by atoms with E-state index in [0.29, 0.717) is 30.4 Å². The molecule has 0 bridgehead atoms. The topological polar surface area (TPSA) is 104 Å². The number of aromatic amines is 1. The van der Waals surface area contributed by atoms with Gasteiger partial charge in [0.15, 0.2) is 11.5 Å². The molecule has 0 saturated carbocycles. The van der Waals surface area contributed by atoms with E-state index in [2.05, 4.69) is 29.9 Å². The Kier molecular flexibility index (Phi) is 3.57. The zero-order valence-electron chi connectivity index (χ0n) is 15.8. The highest BCUT2D eigenvalue weighted by Gasteiger charge is 2.28. The molecule has 4 aromatic rings. The van der Waals surface area contributed by atoms with Gasteiger partial charge in [-0.25, -0.2) is 4.98 Å². The van der Waals surface area contributed by atoms with Crippen molar-refractivity contribution in [2.75, 3.05) is 20.3 Å². The number of methoxy groups -OCH3 is 1.